The number of aromatic nitrogens is 3. The monoisotopic (exact) mass is 736 g/mol. The van der Waals surface area contributed by atoms with Crippen LogP contribution in [0.4, 0.5) is 0 Å². The molecule has 38 heavy (non-hydrogen) atoms. The summed E-state index contributed by atoms with van der Waals surface area (Å²) in [7, 11) is 0. The normalized spacial score (nSPS) is 9.50. The molecule has 0 aliphatic rings. The first kappa shape index (κ1) is 28.8. The molecule has 1 radical (unpaired) electrons. The van der Waals surface area contributed by atoms with Crippen molar-refractivity contribution >= 4 is 15.9 Å². The molecule has 0 N–H and O–H groups in total. The maximum atomic E-state index is 4.27. The Kier molecular flexibility index (Phi) is 12.2. The summed E-state index contributed by atoms with van der Waals surface area (Å²) in [6.07, 6.45) is 5.42. The minimum atomic E-state index is 0. The Bertz CT molecular complexity index is 1300. The number of pyridine rings is 3. The minimum absolute atomic E-state index is 0. The van der Waals surface area contributed by atoms with Crippen molar-refractivity contribution in [1.29, 1.82) is 0 Å². The van der Waals surface area contributed by atoms with Crippen molar-refractivity contribution in [3.8, 4) is 33.8 Å². The summed E-state index contributed by atoms with van der Waals surface area (Å²) in [5.74, 6) is 0. The van der Waals surface area contributed by atoms with Crippen LogP contribution < -0.4 is 0 Å². The van der Waals surface area contributed by atoms with E-state index in [2.05, 4.69) is 61.2 Å². The van der Waals surface area contributed by atoms with Gasteiger partial charge in [0.05, 0.1) is 17.1 Å². The molecular formula is C33H26BrIrN3. The van der Waals surface area contributed by atoms with Crippen LogP contribution in [0.5, 0.6) is 0 Å². The molecule has 189 valence electrons. The molecule has 0 saturated carbocycles. The van der Waals surface area contributed by atoms with Crippen LogP contribution in [0.1, 0.15) is 0 Å². The fourth-order valence-electron chi connectivity index (χ4n) is 3.47. The van der Waals surface area contributed by atoms with Gasteiger partial charge in [-0.05, 0) is 48.5 Å². The average molecular weight is 737 g/mol. The molecule has 0 bridgehead atoms. The number of rotatable bonds is 3. The molecule has 6 rings (SSSR count). The summed E-state index contributed by atoms with van der Waals surface area (Å²) in [6, 6.07) is 46.2. The third-order valence-electron chi connectivity index (χ3n) is 5.25. The van der Waals surface area contributed by atoms with Gasteiger partial charge in [0.1, 0.15) is 0 Å². The topological polar surface area (TPSA) is 38.7 Å². The van der Waals surface area contributed by atoms with Crippen LogP contribution in [-0.4, -0.2) is 15.0 Å². The minimum Gasteiger partial charge on any atom is -0.256 e. The van der Waals surface area contributed by atoms with Gasteiger partial charge in [-0.15, -0.1) is 0 Å². The van der Waals surface area contributed by atoms with Gasteiger partial charge in [0.25, 0.3) is 0 Å². The second-order valence-corrected chi connectivity index (χ2v) is 8.80. The largest absolute Gasteiger partial charge is 0.256 e. The molecule has 6 aromatic rings. The van der Waals surface area contributed by atoms with Gasteiger partial charge in [-0.1, -0.05) is 107 Å². The fourth-order valence-corrected chi connectivity index (χ4v) is 3.87. The van der Waals surface area contributed by atoms with Gasteiger partial charge in [-0.3, -0.25) is 15.0 Å². The number of halogens is 1. The van der Waals surface area contributed by atoms with Crippen LogP contribution in [0.2, 0.25) is 0 Å². The second-order valence-electron chi connectivity index (χ2n) is 7.89. The molecule has 3 aromatic heterocycles. The van der Waals surface area contributed by atoms with Crippen LogP contribution in [0, 0.1) is 0 Å². The second kappa shape index (κ2) is 16.2. The number of nitrogens with zero attached hydrogens (tertiary/aromatic N) is 3. The molecule has 3 nitrogen and oxygen atoms in total. The number of benzene rings is 3. The van der Waals surface area contributed by atoms with Gasteiger partial charge in [-0.2, -0.15) is 0 Å². The van der Waals surface area contributed by atoms with E-state index in [0.29, 0.717) is 0 Å². The van der Waals surface area contributed by atoms with Gasteiger partial charge in [0, 0.05) is 59.9 Å². The summed E-state index contributed by atoms with van der Waals surface area (Å²) in [6.45, 7) is 0. The van der Waals surface area contributed by atoms with Crippen molar-refractivity contribution < 1.29 is 20.1 Å². The molecule has 0 atom stereocenters. The maximum absolute atomic E-state index is 4.27. The molecule has 0 fully saturated rings. The molecule has 0 saturated heterocycles. The van der Waals surface area contributed by atoms with Crippen LogP contribution in [-0.2, 0) is 20.1 Å². The van der Waals surface area contributed by atoms with Gasteiger partial charge in [0.2, 0.25) is 0 Å². The third kappa shape index (κ3) is 9.28. The van der Waals surface area contributed by atoms with E-state index >= 15 is 0 Å². The van der Waals surface area contributed by atoms with Crippen LogP contribution in [0.3, 0.4) is 0 Å². The van der Waals surface area contributed by atoms with Gasteiger partial charge >= 0.3 is 0 Å². The van der Waals surface area contributed by atoms with Crippen LogP contribution >= 0.6 is 15.9 Å². The Morgan fingerprint density at radius 3 is 1.11 bits per heavy atom. The summed E-state index contributed by atoms with van der Waals surface area (Å²) >= 11 is 3.43. The molecule has 3 aromatic carbocycles. The van der Waals surface area contributed by atoms with E-state index in [1.165, 1.54) is 0 Å². The van der Waals surface area contributed by atoms with Crippen molar-refractivity contribution in [2.75, 3.05) is 0 Å². The van der Waals surface area contributed by atoms with Gasteiger partial charge in [-0.25, -0.2) is 0 Å². The zero-order valence-electron chi connectivity index (χ0n) is 20.6. The smallest absolute Gasteiger partial charge is 0.0702 e. The molecular weight excluding hydrogens is 711 g/mol. The average Bonchev–Trinajstić information content (AvgIpc) is 3.00. The Morgan fingerprint density at radius 1 is 0.368 bits per heavy atom. The molecule has 0 aliphatic carbocycles. The summed E-state index contributed by atoms with van der Waals surface area (Å²) < 4.78 is 1.08. The van der Waals surface area contributed by atoms with Crippen molar-refractivity contribution in [1.82, 2.24) is 15.0 Å². The quantitative estimate of drug-likeness (QED) is 0.182. The SMILES string of the molecule is Brc1cccc(-c2ccccn2)c1.[Ir].c1ccc(-c2ccccn2)cc1.c1ccc(-c2ccccn2)cc1. The van der Waals surface area contributed by atoms with E-state index < -0.39 is 0 Å². The Morgan fingerprint density at radius 2 is 0.737 bits per heavy atom. The first-order valence-electron chi connectivity index (χ1n) is 11.9. The molecule has 0 aliphatic heterocycles. The summed E-state index contributed by atoms with van der Waals surface area (Å²) in [5, 5.41) is 0. The standard InChI is InChI=1S/C11H8BrN.2C11H9N.Ir/c12-10-5-3-4-9(8-10)11-6-1-2-7-13-11;2*1-2-6-10(7-3-1)11-8-4-5-9-12-11;/h1-8H;2*1-9H;. The Hall–Kier alpha value is -3.76. The van der Waals surface area contributed by atoms with Gasteiger partial charge < -0.3 is 0 Å². The van der Waals surface area contributed by atoms with E-state index in [-0.39, 0.29) is 20.1 Å². The van der Waals surface area contributed by atoms with Crippen molar-refractivity contribution in [3.05, 3.63) is 163 Å². The van der Waals surface area contributed by atoms with E-state index in [1.54, 1.807) is 6.20 Å². The third-order valence-corrected chi connectivity index (χ3v) is 5.75. The number of hydrogen-bond donors (Lipinski definition) is 0. The first-order valence-corrected chi connectivity index (χ1v) is 12.7. The zero-order chi connectivity index (χ0) is 25.5. The van der Waals surface area contributed by atoms with Crippen LogP contribution in [0.25, 0.3) is 33.8 Å². The Labute approximate surface area is 246 Å². The van der Waals surface area contributed by atoms with E-state index in [0.717, 1.165) is 38.2 Å². The molecule has 0 spiro atoms. The van der Waals surface area contributed by atoms with E-state index in [9.17, 15) is 0 Å². The fraction of sp³-hybridized carbons (Fsp3) is 0. The number of hydrogen-bond acceptors (Lipinski definition) is 3. The van der Waals surface area contributed by atoms with Gasteiger partial charge in [0.15, 0.2) is 0 Å². The predicted octanol–water partition coefficient (Wildman–Crippen LogP) is 9.01. The maximum Gasteiger partial charge on any atom is 0.0702 e. The first-order chi connectivity index (χ1) is 18.3. The van der Waals surface area contributed by atoms with Crippen LogP contribution in [0.15, 0.2) is 163 Å². The van der Waals surface area contributed by atoms with Crippen molar-refractivity contribution in [3.63, 3.8) is 0 Å². The molecule has 0 amide bonds. The molecule has 3 heterocycles. The Balaban J connectivity index is 0.000000156. The summed E-state index contributed by atoms with van der Waals surface area (Å²) in [5.41, 5.74) is 6.52. The molecule has 0 unspecified atom stereocenters. The van der Waals surface area contributed by atoms with E-state index in [4.69, 9.17) is 0 Å². The van der Waals surface area contributed by atoms with E-state index in [1.807, 2.05) is 122 Å². The molecule has 5 heteroatoms. The predicted molar refractivity (Wildman–Crippen MR) is 157 cm³/mol. The van der Waals surface area contributed by atoms with Crippen molar-refractivity contribution in [2.24, 2.45) is 0 Å². The summed E-state index contributed by atoms with van der Waals surface area (Å²) in [4.78, 5) is 12.8. The van der Waals surface area contributed by atoms with Crippen molar-refractivity contribution in [2.45, 2.75) is 0 Å². The zero-order valence-corrected chi connectivity index (χ0v) is 24.5.